The number of nitrogens with two attached hydrogens (primary N) is 1. The van der Waals surface area contributed by atoms with Crippen LogP contribution in [0.3, 0.4) is 0 Å². The summed E-state index contributed by atoms with van der Waals surface area (Å²) in [5.74, 6) is 0.431. The molecular weight excluding hydrogens is 596 g/mol. The van der Waals surface area contributed by atoms with Gasteiger partial charge in [0.25, 0.3) is 0 Å². The second-order valence-corrected chi connectivity index (χ2v) is 11.0. The van der Waals surface area contributed by atoms with Crippen molar-refractivity contribution in [2.75, 3.05) is 0 Å². The molecule has 218 valence electrons. The van der Waals surface area contributed by atoms with E-state index in [9.17, 15) is 18.0 Å². The van der Waals surface area contributed by atoms with Gasteiger partial charge in [-0.05, 0) is 66.7 Å². The van der Waals surface area contributed by atoms with Crippen LogP contribution in [-0.4, -0.2) is 35.5 Å². The molecule has 0 saturated carbocycles. The molecule has 0 atom stereocenters. The van der Waals surface area contributed by atoms with Crippen LogP contribution in [-0.2, 0) is 21.4 Å². The average Bonchev–Trinajstić information content (AvgIpc) is 3.41. The molecule has 0 aliphatic heterocycles. The van der Waals surface area contributed by atoms with Crippen LogP contribution in [0.2, 0.25) is 5.02 Å². The Bertz CT molecular complexity index is 1830. The molecule has 0 spiro atoms. The number of sulfonamides is 1. The van der Waals surface area contributed by atoms with E-state index < -0.39 is 22.3 Å². The molecule has 0 fully saturated rings. The van der Waals surface area contributed by atoms with Gasteiger partial charge < -0.3 is 9.47 Å². The van der Waals surface area contributed by atoms with E-state index in [1.54, 1.807) is 91.0 Å². The molecule has 0 radical (unpaired) electrons. The predicted molar refractivity (Wildman–Crippen MR) is 157 cm³/mol. The largest absolute Gasteiger partial charge is 0.539 e. The third kappa shape index (κ3) is 7.57. The van der Waals surface area contributed by atoms with Gasteiger partial charge in [-0.3, -0.25) is 4.84 Å². The monoisotopic (exact) mass is 618 g/mol. The second-order valence-electron chi connectivity index (χ2n) is 8.95. The summed E-state index contributed by atoms with van der Waals surface area (Å²) < 4.78 is 35.7. The van der Waals surface area contributed by atoms with Crippen molar-refractivity contribution in [1.29, 1.82) is 0 Å². The Labute approximate surface area is 251 Å². The van der Waals surface area contributed by atoms with Crippen LogP contribution < -0.4 is 14.6 Å². The standard InChI is InChI=1S/C30H23ClN4O7S/c31-22-13-11-21(12-14-22)28-19-23(33-35(28)24-15-17-27(18-16-24)43(32,38)39)20-34(29(36)40-25-7-3-1-4-8-25)42-30(37)41-26-9-5-2-6-10-26/h1-19H,20H2,(H2,32,38,39). The van der Waals surface area contributed by atoms with Crippen molar-refractivity contribution in [2.24, 2.45) is 5.14 Å². The van der Waals surface area contributed by atoms with Crippen LogP contribution in [0.15, 0.2) is 120 Å². The predicted octanol–water partition coefficient (Wildman–Crippen LogP) is 5.97. The Morgan fingerprint density at radius 1 is 0.814 bits per heavy atom. The Balaban J connectivity index is 1.48. The summed E-state index contributed by atoms with van der Waals surface area (Å²) in [6, 6.07) is 30.8. The highest BCUT2D eigenvalue weighted by Crippen LogP contribution is 2.27. The molecule has 5 rings (SSSR count). The minimum Gasteiger partial charge on any atom is -0.408 e. The van der Waals surface area contributed by atoms with Gasteiger partial charge >= 0.3 is 12.2 Å². The number of aromatic nitrogens is 2. The molecule has 43 heavy (non-hydrogen) atoms. The normalized spacial score (nSPS) is 11.0. The van der Waals surface area contributed by atoms with E-state index in [2.05, 4.69) is 5.10 Å². The fourth-order valence-electron chi connectivity index (χ4n) is 3.92. The van der Waals surface area contributed by atoms with Gasteiger partial charge in [-0.25, -0.2) is 27.8 Å². The van der Waals surface area contributed by atoms with E-state index in [4.69, 9.17) is 31.1 Å². The summed E-state index contributed by atoms with van der Waals surface area (Å²) in [4.78, 5) is 31.0. The number of para-hydroxylation sites is 2. The number of nitrogens with zero attached hydrogens (tertiary/aromatic N) is 3. The molecule has 1 heterocycles. The third-order valence-electron chi connectivity index (χ3n) is 5.90. The lowest BCUT2D eigenvalue weighted by molar-refractivity contribution is -0.0961. The number of ether oxygens (including phenoxy) is 2. The first-order chi connectivity index (χ1) is 20.7. The highest BCUT2D eigenvalue weighted by molar-refractivity contribution is 7.89. The topological polar surface area (TPSA) is 143 Å². The smallest absolute Gasteiger partial charge is 0.408 e. The van der Waals surface area contributed by atoms with E-state index in [0.29, 0.717) is 27.0 Å². The van der Waals surface area contributed by atoms with Gasteiger partial charge in [0.2, 0.25) is 10.0 Å². The number of hydrogen-bond donors (Lipinski definition) is 1. The third-order valence-corrected chi connectivity index (χ3v) is 7.08. The minimum atomic E-state index is -3.91. The summed E-state index contributed by atoms with van der Waals surface area (Å²) in [6.45, 7) is -0.335. The maximum Gasteiger partial charge on any atom is 0.539 e. The first-order valence-electron chi connectivity index (χ1n) is 12.6. The van der Waals surface area contributed by atoms with E-state index >= 15 is 0 Å². The van der Waals surface area contributed by atoms with Crippen LogP contribution in [0.25, 0.3) is 16.9 Å². The Kier molecular flexibility index (Phi) is 8.71. The molecule has 5 aromatic rings. The number of hydroxylamine groups is 2. The number of carbonyl (C=O) groups excluding carboxylic acids is 2. The number of hydrogen-bond acceptors (Lipinski definition) is 8. The van der Waals surface area contributed by atoms with Gasteiger partial charge in [0.15, 0.2) is 0 Å². The molecule has 0 bridgehead atoms. The first kappa shape index (κ1) is 29.3. The summed E-state index contributed by atoms with van der Waals surface area (Å²) in [5.41, 5.74) is 2.06. The molecule has 0 saturated heterocycles. The number of halogens is 1. The van der Waals surface area contributed by atoms with Gasteiger partial charge in [-0.1, -0.05) is 60.1 Å². The van der Waals surface area contributed by atoms with E-state index in [-0.39, 0.29) is 28.6 Å². The van der Waals surface area contributed by atoms with Crippen LogP contribution in [0.1, 0.15) is 5.69 Å². The van der Waals surface area contributed by atoms with Crippen molar-refractivity contribution in [2.45, 2.75) is 11.4 Å². The quantitative estimate of drug-likeness (QED) is 0.133. The lowest BCUT2D eigenvalue weighted by Crippen LogP contribution is -2.36. The minimum absolute atomic E-state index is 0.0724. The maximum absolute atomic E-state index is 13.2. The fraction of sp³-hybridized carbons (Fsp3) is 0.0333. The number of benzene rings is 4. The summed E-state index contributed by atoms with van der Waals surface area (Å²) in [5, 5.41) is 11.1. The van der Waals surface area contributed by atoms with Crippen LogP contribution >= 0.6 is 11.6 Å². The highest BCUT2D eigenvalue weighted by Gasteiger charge is 2.25. The van der Waals surface area contributed by atoms with Crippen LogP contribution in [0, 0.1) is 0 Å². The Morgan fingerprint density at radius 2 is 1.40 bits per heavy atom. The molecule has 1 amide bonds. The number of carbonyl (C=O) groups is 2. The maximum atomic E-state index is 13.2. The van der Waals surface area contributed by atoms with Crippen molar-refractivity contribution >= 4 is 33.9 Å². The molecule has 1 aromatic heterocycles. The summed E-state index contributed by atoms with van der Waals surface area (Å²) in [7, 11) is -3.91. The number of amides is 1. The molecule has 13 heteroatoms. The van der Waals surface area contributed by atoms with Gasteiger partial charge in [0.05, 0.1) is 22.0 Å². The zero-order valence-electron chi connectivity index (χ0n) is 22.2. The van der Waals surface area contributed by atoms with Crippen molar-refractivity contribution < 1.29 is 32.3 Å². The lowest BCUT2D eigenvalue weighted by atomic mass is 10.1. The first-order valence-corrected chi connectivity index (χ1v) is 14.6. The Hall–Kier alpha value is -5.17. The van der Waals surface area contributed by atoms with E-state index in [1.807, 2.05) is 0 Å². The number of rotatable bonds is 7. The van der Waals surface area contributed by atoms with Crippen molar-refractivity contribution in [1.82, 2.24) is 14.8 Å². The van der Waals surface area contributed by atoms with Crippen molar-refractivity contribution in [3.63, 3.8) is 0 Å². The molecular formula is C30H23ClN4O7S. The average molecular weight is 619 g/mol. The summed E-state index contributed by atoms with van der Waals surface area (Å²) in [6.07, 6.45) is -2.18. The number of primary sulfonamides is 1. The van der Waals surface area contributed by atoms with Gasteiger partial charge in [-0.2, -0.15) is 5.10 Å². The van der Waals surface area contributed by atoms with Crippen LogP contribution in [0.5, 0.6) is 11.5 Å². The zero-order valence-corrected chi connectivity index (χ0v) is 23.8. The lowest BCUT2D eigenvalue weighted by Gasteiger charge is -2.19. The van der Waals surface area contributed by atoms with Gasteiger partial charge in [0.1, 0.15) is 18.0 Å². The van der Waals surface area contributed by atoms with Crippen molar-refractivity contribution in [3.8, 4) is 28.4 Å². The summed E-state index contributed by atoms with van der Waals surface area (Å²) >= 11 is 6.09. The van der Waals surface area contributed by atoms with Crippen LogP contribution in [0.4, 0.5) is 9.59 Å². The SMILES string of the molecule is NS(=O)(=O)c1ccc(-n2nc(CN(OC(=O)Oc3ccccc3)C(=O)Oc3ccccc3)cc2-c2ccc(Cl)cc2)cc1. The molecule has 4 aromatic carbocycles. The van der Waals surface area contributed by atoms with Crippen molar-refractivity contribution in [3.05, 3.63) is 126 Å². The molecule has 11 nitrogen and oxygen atoms in total. The zero-order chi connectivity index (χ0) is 30.4. The molecule has 0 aliphatic carbocycles. The molecule has 2 N–H and O–H groups in total. The fourth-order valence-corrected chi connectivity index (χ4v) is 4.56. The van der Waals surface area contributed by atoms with Gasteiger partial charge in [-0.15, -0.1) is 5.06 Å². The molecule has 0 unspecified atom stereocenters. The Morgan fingerprint density at radius 3 is 1.98 bits per heavy atom. The van der Waals surface area contributed by atoms with E-state index in [0.717, 1.165) is 0 Å². The highest BCUT2D eigenvalue weighted by atomic mass is 35.5. The molecule has 0 aliphatic rings. The van der Waals surface area contributed by atoms with Gasteiger partial charge in [0, 0.05) is 10.6 Å². The van der Waals surface area contributed by atoms with E-state index in [1.165, 1.54) is 28.9 Å². The second kappa shape index (κ2) is 12.8.